The zero-order valence-electron chi connectivity index (χ0n) is 10.7. The summed E-state index contributed by atoms with van der Waals surface area (Å²) in [6.07, 6.45) is 1.99. The van der Waals surface area contributed by atoms with Crippen LogP contribution >= 0.6 is 0 Å². The lowest BCUT2D eigenvalue weighted by atomic mass is 9.99. The van der Waals surface area contributed by atoms with Crippen molar-refractivity contribution in [2.24, 2.45) is 5.92 Å². The van der Waals surface area contributed by atoms with Gasteiger partial charge in [-0.1, -0.05) is 13.0 Å². The number of aromatic hydroxyl groups is 1. The van der Waals surface area contributed by atoms with Crippen molar-refractivity contribution in [3.63, 3.8) is 0 Å². The quantitative estimate of drug-likeness (QED) is 0.655. The highest BCUT2D eigenvalue weighted by atomic mass is 16.6. The molecule has 1 N–H and O–H groups in total. The molecule has 6 heteroatoms. The molecule has 1 aromatic rings. The fraction of sp³-hybridized carbons (Fsp3) is 0.462. The second-order valence-corrected chi connectivity index (χ2v) is 4.93. The molecule has 1 heterocycles. The van der Waals surface area contributed by atoms with Crippen LogP contribution in [0.1, 0.15) is 30.1 Å². The van der Waals surface area contributed by atoms with Gasteiger partial charge in [-0.2, -0.15) is 0 Å². The van der Waals surface area contributed by atoms with E-state index in [-0.39, 0.29) is 11.5 Å². The molecule has 0 saturated carbocycles. The summed E-state index contributed by atoms with van der Waals surface area (Å²) in [6.45, 7) is 3.32. The number of nitro groups is 1. The SMILES string of the molecule is CC1CCCN(C(=O)c2cccc([N+](=O)[O-])c2O)C1. The van der Waals surface area contributed by atoms with Crippen LogP contribution < -0.4 is 0 Å². The first kappa shape index (κ1) is 13.3. The van der Waals surface area contributed by atoms with Gasteiger partial charge in [0.05, 0.1) is 10.5 Å². The Morgan fingerprint density at radius 1 is 1.53 bits per heavy atom. The molecule has 6 nitrogen and oxygen atoms in total. The van der Waals surface area contributed by atoms with Crippen molar-refractivity contribution in [3.8, 4) is 5.75 Å². The predicted octanol–water partition coefficient (Wildman–Crippen LogP) is 2.17. The first-order valence-electron chi connectivity index (χ1n) is 6.26. The Kier molecular flexibility index (Phi) is 3.69. The van der Waals surface area contributed by atoms with Crippen molar-refractivity contribution in [1.29, 1.82) is 0 Å². The Bertz CT molecular complexity index is 515. The zero-order valence-corrected chi connectivity index (χ0v) is 10.7. The van der Waals surface area contributed by atoms with Gasteiger partial charge in [0.2, 0.25) is 5.75 Å². The standard InChI is InChI=1S/C13H16N2O4/c1-9-4-3-7-14(8-9)13(17)10-5-2-6-11(12(10)16)15(18)19/h2,5-6,9,16H,3-4,7-8H2,1H3. The van der Waals surface area contributed by atoms with Crippen LogP contribution in [-0.4, -0.2) is 33.9 Å². The van der Waals surface area contributed by atoms with Gasteiger partial charge in [-0.05, 0) is 24.8 Å². The van der Waals surface area contributed by atoms with Gasteiger partial charge in [0.15, 0.2) is 0 Å². The van der Waals surface area contributed by atoms with Gasteiger partial charge in [0.1, 0.15) is 0 Å². The number of phenols is 1. The number of carbonyl (C=O) groups excluding carboxylic acids is 1. The lowest BCUT2D eigenvalue weighted by molar-refractivity contribution is -0.385. The summed E-state index contributed by atoms with van der Waals surface area (Å²) in [5.41, 5.74) is -0.431. The van der Waals surface area contributed by atoms with Crippen LogP contribution in [0.25, 0.3) is 0 Å². The predicted molar refractivity (Wildman–Crippen MR) is 69.1 cm³/mol. The fourth-order valence-electron chi connectivity index (χ4n) is 2.40. The minimum Gasteiger partial charge on any atom is -0.502 e. The van der Waals surface area contributed by atoms with Crippen LogP contribution in [0, 0.1) is 16.0 Å². The highest BCUT2D eigenvalue weighted by molar-refractivity contribution is 5.98. The molecule has 1 unspecified atom stereocenters. The molecule has 0 radical (unpaired) electrons. The molecule has 1 amide bonds. The van der Waals surface area contributed by atoms with E-state index in [1.165, 1.54) is 18.2 Å². The average molecular weight is 264 g/mol. The van der Waals surface area contributed by atoms with Crippen molar-refractivity contribution in [3.05, 3.63) is 33.9 Å². The number of hydrogen-bond acceptors (Lipinski definition) is 4. The van der Waals surface area contributed by atoms with E-state index in [0.29, 0.717) is 19.0 Å². The summed E-state index contributed by atoms with van der Waals surface area (Å²) >= 11 is 0. The zero-order chi connectivity index (χ0) is 14.0. The summed E-state index contributed by atoms with van der Waals surface area (Å²) in [7, 11) is 0. The molecule has 0 aliphatic carbocycles. The van der Waals surface area contributed by atoms with Gasteiger partial charge >= 0.3 is 5.69 Å². The molecule has 19 heavy (non-hydrogen) atoms. The molecule has 1 atom stereocenters. The fourth-order valence-corrected chi connectivity index (χ4v) is 2.40. The van der Waals surface area contributed by atoms with E-state index in [1.807, 2.05) is 0 Å². The molecule has 1 saturated heterocycles. The summed E-state index contributed by atoms with van der Waals surface area (Å²) < 4.78 is 0. The number of amides is 1. The number of benzene rings is 1. The first-order chi connectivity index (χ1) is 9.00. The summed E-state index contributed by atoms with van der Waals surface area (Å²) in [6, 6.07) is 4.02. The molecule has 2 rings (SSSR count). The first-order valence-corrected chi connectivity index (χ1v) is 6.26. The van der Waals surface area contributed by atoms with E-state index in [0.717, 1.165) is 12.8 Å². The van der Waals surface area contributed by atoms with Crippen molar-refractivity contribution < 1.29 is 14.8 Å². The van der Waals surface area contributed by atoms with Crippen LogP contribution in [0.4, 0.5) is 5.69 Å². The molecule has 1 aromatic carbocycles. The van der Waals surface area contributed by atoms with E-state index in [9.17, 15) is 20.0 Å². The maximum absolute atomic E-state index is 12.3. The van der Waals surface area contributed by atoms with Gasteiger partial charge in [0.25, 0.3) is 5.91 Å². The minimum absolute atomic E-state index is 0.00306. The van der Waals surface area contributed by atoms with E-state index < -0.39 is 16.4 Å². The second-order valence-electron chi connectivity index (χ2n) is 4.93. The van der Waals surface area contributed by atoms with Gasteiger partial charge in [-0.25, -0.2) is 0 Å². The Morgan fingerprint density at radius 3 is 2.89 bits per heavy atom. The van der Waals surface area contributed by atoms with E-state index >= 15 is 0 Å². The monoisotopic (exact) mass is 264 g/mol. The average Bonchev–Trinajstić information content (AvgIpc) is 2.38. The molecule has 102 valence electrons. The van der Waals surface area contributed by atoms with E-state index in [4.69, 9.17) is 0 Å². The van der Waals surface area contributed by atoms with Crippen molar-refractivity contribution in [2.45, 2.75) is 19.8 Å². The summed E-state index contributed by atoms with van der Waals surface area (Å²) in [5.74, 6) is -0.470. The lowest BCUT2D eigenvalue weighted by Crippen LogP contribution is -2.39. The third-order valence-electron chi connectivity index (χ3n) is 3.39. The van der Waals surface area contributed by atoms with Gasteiger partial charge in [-0.15, -0.1) is 0 Å². The van der Waals surface area contributed by atoms with E-state index in [1.54, 1.807) is 4.90 Å². The number of phenolic OH excluding ortho intramolecular Hbond substituents is 1. The maximum atomic E-state index is 12.3. The van der Waals surface area contributed by atoms with Crippen molar-refractivity contribution in [2.75, 3.05) is 13.1 Å². The molecule has 1 fully saturated rings. The van der Waals surface area contributed by atoms with E-state index in [2.05, 4.69) is 6.92 Å². The molecule has 0 aromatic heterocycles. The summed E-state index contributed by atoms with van der Waals surface area (Å²) in [5, 5.41) is 20.6. The van der Waals surface area contributed by atoms with Gasteiger partial charge in [0, 0.05) is 19.2 Å². The highest BCUT2D eigenvalue weighted by Crippen LogP contribution is 2.31. The number of hydrogen-bond donors (Lipinski definition) is 1. The summed E-state index contributed by atoms with van der Waals surface area (Å²) in [4.78, 5) is 24.0. The topological polar surface area (TPSA) is 83.7 Å². The third-order valence-corrected chi connectivity index (χ3v) is 3.39. The number of piperidine rings is 1. The van der Waals surface area contributed by atoms with Crippen LogP contribution in [0.5, 0.6) is 5.75 Å². The van der Waals surface area contributed by atoms with Crippen LogP contribution in [-0.2, 0) is 0 Å². The molecular weight excluding hydrogens is 248 g/mol. The smallest absolute Gasteiger partial charge is 0.311 e. The maximum Gasteiger partial charge on any atom is 0.311 e. The molecule has 1 aliphatic heterocycles. The van der Waals surface area contributed by atoms with Crippen molar-refractivity contribution >= 4 is 11.6 Å². The Balaban J connectivity index is 2.28. The van der Waals surface area contributed by atoms with Gasteiger partial charge < -0.3 is 10.0 Å². The third kappa shape index (κ3) is 2.67. The molecule has 0 spiro atoms. The van der Waals surface area contributed by atoms with Crippen LogP contribution in [0.15, 0.2) is 18.2 Å². The Hall–Kier alpha value is -2.11. The largest absolute Gasteiger partial charge is 0.502 e. The van der Waals surface area contributed by atoms with Crippen LogP contribution in [0.3, 0.4) is 0 Å². The Morgan fingerprint density at radius 2 is 2.26 bits per heavy atom. The number of rotatable bonds is 2. The Labute approximate surface area is 110 Å². The number of para-hydroxylation sites is 1. The van der Waals surface area contributed by atoms with Crippen molar-refractivity contribution in [1.82, 2.24) is 4.90 Å². The van der Waals surface area contributed by atoms with Crippen LogP contribution in [0.2, 0.25) is 0 Å². The second kappa shape index (κ2) is 5.26. The van der Waals surface area contributed by atoms with Gasteiger partial charge in [-0.3, -0.25) is 14.9 Å². The molecular formula is C13H16N2O4. The lowest BCUT2D eigenvalue weighted by Gasteiger charge is -2.31. The number of nitro benzene ring substituents is 1. The molecule has 0 bridgehead atoms. The minimum atomic E-state index is -0.690. The normalized spacial score (nSPS) is 19.2. The highest BCUT2D eigenvalue weighted by Gasteiger charge is 2.27. The number of likely N-dealkylation sites (tertiary alicyclic amines) is 1. The molecule has 1 aliphatic rings. The number of nitrogens with zero attached hydrogens (tertiary/aromatic N) is 2. The number of carbonyl (C=O) groups is 1.